The van der Waals surface area contributed by atoms with Gasteiger partial charge in [-0.05, 0) is 26.5 Å². The lowest BCUT2D eigenvalue weighted by Gasteiger charge is -2.40. The predicted octanol–water partition coefficient (Wildman–Crippen LogP) is 2.94. The molecule has 0 radical (unpaired) electrons. The zero-order valence-electron chi connectivity index (χ0n) is 11.8. The topological polar surface area (TPSA) is 6.48 Å². The maximum Gasteiger partial charge on any atom is 0.0478 e. The van der Waals surface area contributed by atoms with Crippen LogP contribution in [0.2, 0.25) is 0 Å². The largest absolute Gasteiger partial charge is 0.303 e. The summed E-state index contributed by atoms with van der Waals surface area (Å²) >= 11 is 0. The Morgan fingerprint density at radius 2 is 1.94 bits per heavy atom. The van der Waals surface area contributed by atoms with Crippen molar-refractivity contribution < 1.29 is 0 Å². The molecule has 1 saturated heterocycles. The highest BCUT2D eigenvalue weighted by molar-refractivity contribution is 5.20. The molecule has 18 heavy (non-hydrogen) atoms. The first-order chi connectivity index (χ1) is 8.66. The Morgan fingerprint density at radius 3 is 2.61 bits per heavy atom. The Kier molecular flexibility index (Phi) is 4.56. The molecule has 1 fully saturated rings. The van der Waals surface area contributed by atoms with E-state index in [0.717, 1.165) is 19.6 Å². The molecule has 0 aromatic heterocycles. The first kappa shape index (κ1) is 13.3. The van der Waals surface area contributed by atoms with Gasteiger partial charge in [0.15, 0.2) is 0 Å². The summed E-state index contributed by atoms with van der Waals surface area (Å²) in [6.07, 6.45) is 2.33. The molecule has 1 heterocycles. The van der Waals surface area contributed by atoms with Crippen LogP contribution in [0.15, 0.2) is 42.0 Å². The lowest BCUT2D eigenvalue weighted by molar-refractivity contribution is 0.101. The highest BCUT2D eigenvalue weighted by Gasteiger charge is 2.25. The van der Waals surface area contributed by atoms with Gasteiger partial charge in [-0.2, -0.15) is 0 Å². The van der Waals surface area contributed by atoms with Crippen molar-refractivity contribution in [3.8, 4) is 0 Å². The molecule has 98 valence electrons. The number of rotatable bonds is 3. The van der Waals surface area contributed by atoms with Crippen molar-refractivity contribution in [2.45, 2.75) is 19.9 Å². The van der Waals surface area contributed by atoms with Gasteiger partial charge in [0.05, 0.1) is 0 Å². The number of benzene rings is 1. The van der Waals surface area contributed by atoms with Crippen molar-refractivity contribution in [3.63, 3.8) is 0 Å². The maximum absolute atomic E-state index is 2.59. The van der Waals surface area contributed by atoms with E-state index in [1.165, 1.54) is 17.7 Å². The molecule has 2 heteroatoms. The number of hydrogen-bond donors (Lipinski definition) is 0. The highest BCUT2D eigenvalue weighted by atomic mass is 15.3. The minimum atomic E-state index is 0.528. The van der Waals surface area contributed by atoms with Gasteiger partial charge < -0.3 is 4.90 Å². The van der Waals surface area contributed by atoms with Crippen LogP contribution in [0.3, 0.4) is 0 Å². The summed E-state index contributed by atoms with van der Waals surface area (Å²) in [5.74, 6) is 0. The van der Waals surface area contributed by atoms with Crippen LogP contribution in [0.4, 0.5) is 0 Å². The van der Waals surface area contributed by atoms with Crippen LogP contribution in [0.1, 0.15) is 25.5 Å². The zero-order valence-corrected chi connectivity index (χ0v) is 11.8. The number of hydrogen-bond acceptors (Lipinski definition) is 2. The second-order valence-electron chi connectivity index (χ2n) is 5.47. The Hall–Kier alpha value is -1.12. The molecule has 0 bridgehead atoms. The number of likely N-dealkylation sites (N-methyl/N-ethyl adjacent to an activating group) is 1. The molecule has 1 atom stereocenters. The third-order valence-electron chi connectivity index (χ3n) is 3.61. The normalized spacial score (nSPS) is 21.8. The van der Waals surface area contributed by atoms with Crippen LogP contribution >= 0.6 is 0 Å². The summed E-state index contributed by atoms with van der Waals surface area (Å²) in [5, 5.41) is 0. The predicted molar refractivity (Wildman–Crippen MR) is 77.7 cm³/mol. The molecule has 0 N–H and O–H groups in total. The van der Waals surface area contributed by atoms with Crippen molar-refractivity contribution >= 4 is 0 Å². The number of piperazine rings is 1. The van der Waals surface area contributed by atoms with Gasteiger partial charge in [-0.15, -0.1) is 0 Å². The van der Waals surface area contributed by atoms with E-state index in [-0.39, 0.29) is 0 Å². The molecule has 1 aromatic carbocycles. The number of nitrogens with zero attached hydrogens (tertiary/aromatic N) is 2. The standard InChI is InChI=1S/C16H24N2/c1-14(2)9-10-18-12-11-17(3)13-16(18)15-7-5-4-6-8-15/h4-9,16H,10-13H2,1-3H3. The van der Waals surface area contributed by atoms with Crippen LogP contribution in [0, 0.1) is 0 Å². The quantitative estimate of drug-likeness (QED) is 0.754. The zero-order chi connectivity index (χ0) is 13.0. The fourth-order valence-corrected chi connectivity index (χ4v) is 2.47. The molecular weight excluding hydrogens is 220 g/mol. The fraction of sp³-hybridized carbons (Fsp3) is 0.500. The van der Waals surface area contributed by atoms with Gasteiger partial charge in [0, 0.05) is 32.2 Å². The first-order valence-electron chi connectivity index (χ1n) is 6.77. The summed E-state index contributed by atoms with van der Waals surface area (Å²) in [7, 11) is 2.22. The van der Waals surface area contributed by atoms with Crippen LogP contribution in [0.5, 0.6) is 0 Å². The SMILES string of the molecule is CC(C)=CCN1CCN(C)CC1c1ccccc1. The van der Waals surface area contributed by atoms with Gasteiger partial charge in [0.1, 0.15) is 0 Å². The summed E-state index contributed by atoms with van der Waals surface area (Å²) in [6, 6.07) is 11.4. The Morgan fingerprint density at radius 1 is 1.22 bits per heavy atom. The first-order valence-corrected chi connectivity index (χ1v) is 6.77. The van der Waals surface area contributed by atoms with Crippen molar-refractivity contribution in [1.82, 2.24) is 9.80 Å². The fourth-order valence-electron chi connectivity index (χ4n) is 2.47. The molecule has 0 aliphatic carbocycles. The lowest BCUT2D eigenvalue weighted by atomic mass is 10.0. The third kappa shape index (κ3) is 3.44. The Bertz CT molecular complexity index is 393. The summed E-state index contributed by atoms with van der Waals surface area (Å²) in [6.45, 7) is 8.86. The second kappa shape index (κ2) is 6.17. The van der Waals surface area contributed by atoms with Crippen LogP contribution in [-0.2, 0) is 0 Å². The molecule has 1 unspecified atom stereocenters. The smallest absolute Gasteiger partial charge is 0.0478 e. The minimum Gasteiger partial charge on any atom is -0.303 e. The molecule has 0 saturated carbocycles. The third-order valence-corrected chi connectivity index (χ3v) is 3.61. The molecule has 1 aliphatic rings. The van der Waals surface area contributed by atoms with Gasteiger partial charge in [-0.3, -0.25) is 4.90 Å². The average molecular weight is 244 g/mol. The minimum absolute atomic E-state index is 0.528. The van der Waals surface area contributed by atoms with Gasteiger partial charge in [0.25, 0.3) is 0 Å². The Labute approximate surface area is 111 Å². The van der Waals surface area contributed by atoms with Crippen molar-refractivity contribution in [1.29, 1.82) is 0 Å². The monoisotopic (exact) mass is 244 g/mol. The van der Waals surface area contributed by atoms with E-state index in [0.29, 0.717) is 6.04 Å². The van der Waals surface area contributed by atoms with E-state index in [9.17, 15) is 0 Å². The van der Waals surface area contributed by atoms with Gasteiger partial charge >= 0.3 is 0 Å². The van der Waals surface area contributed by atoms with Crippen LogP contribution in [-0.4, -0.2) is 43.0 Å². The second-order valence-corrected chi connectivity index (χ2v) is 5.47. The van der Waals surface area contributed by atoms with E-state index in [2.05, 4.69) is 67.1 Å². The van der Waals surface area contributed by atoms with Gasteiger partial charge in [-0.25, -0.2) is 0 Å². The van der Waals surface area contributed by atoms with Gasteiger partial charge in [-0.1, -0.05) is 42.0 Å². The van der Waals surface area contributed by atoms with E-state index in [1.54, 1.807) is 0 Å². The molecule has 2 nitrogen and oxygen atoms in total. The van der Waals surface area contributed by atoms with Crippen LogP contribution in [0.25, 0.3) is 0 Å². The van der Waals surface area contributed by atoms with E-state index >= 15 is 0 Å². The highest BCUT2D eigenvalue weighted by Crippen LogP contribution is 2.24. The summed E-state index contributed by atoms with van der Waals surface area (Å²) in [4.78, 5) is 5.01. The molecule has 1 aliphatic heterocycles. The van der Waals surface area contributed by atoms with Crippen molar-refractivity contribution in [3.05, 3.63) is 47.5 Å². The molecule has 1 aromatic rings. The van der Waals surface area contributed by atoms with E-state index < -0.39 is 0 Å². The van der Waals surface area contributed by atoms with Crippen molar-refractivity contribution in [2.24, 2.45) is 0 Å². The van der Waals surface area contributed by atoms with Gasteiger partial charge in [0.2, 0.25) is 0 Å². The molecule has 2 rings (SSSR count). The molecule has 0 spiro atoms. The summed E-state index contributed by atoms with van der Waals surface area (Å²) < 4.78 is 0. The van der Waals surface area contributed by atoms with Crippen molar-refractivity contribution in [2.75, 3.05) is 33.2 Å². The Balaban J connectivity index is 2.14. The molecular formula is C16H24N2. The number of allylic oxidation sites excluding steroid dienone is 1. The maximum atomic E-state index is 2.59. The summed E-state index contributed by atoms with van der Waals surface area (Å²) in [5.41, 5.74) is 2.84. The van der Waals surface area contributed by atoms with Crippen LogP contribution < -0.4 is 0 Å². The molecule has 0 amide bonds. The van der Waals surface area contributed by atoms with E-state index in [4.69, 9.17) is 0 Å². The lowest BCUT2D eigenvalue weighted by Crippen LogP contribution is -2.46. The van der Waals surface area contributed by atoms with E-state index in [1.807, 2.05) is 0 Å². The average Bonchev–Trinajstić information content (AvgIpc) is 2.38.